The summed E-state index contributed by atoms with van der Waals surface area (Å²) in [4.78, 5) is 14.4. The molecule has 104 valence electrons. The minimum atomic E-state index is -0.365. The molecule has 0 saturated carbocycles. The summed E-state index contributed by atoms with van der Waals surface area (Å²) in [7, 11) is 0. The third-order valence-electron chi connectivity index (χ3n) is 3.66. The Hall–Kier alpha value is -1.09. The Morgan fingerprint density at radius 2 is 2.32 bits per heavy atom. The van der Waals surface area contributed by atoms with Crippen LogP contribution in [0.1, 0.15) is 42.1 Å². The number of amides is 1. The van der Waals surface area contributed by atoms with E-state index >= 15 is 0 Å². The van der Waals surface area contributed by atoms with E-state index < -0.39 is 0 Å². The minimum Gasteiger partial charge on any atom is -0.336 e. The standard InChI is InChI=1S/C15H19ClFNO/c1-10-5-6-12(17)9-14(10)15(19)18-7-3-4-13(18)8-11(2)16/h5-6,9,11,13H,3-4,7-8H2,1-2H3. The van der Waals surface area contributed by atoms with Crippen molar-refractivity contribution in [2.45, 2.75) is 44.5 Å². The van der Waals surface area contributed by atoms with Gasteiger partial charge < -0.3 is 4.90 Å². The van der Waals surface area contributed by atoms with E-state index in [1.807, 2.05) is 18.7 Å². The first-order valence-electron chi connectivity index (χ1n) is 6.70. The highest BCUT2D eigenvalue weighted by atomic mass is 35.5. The first-order chi connectivity index (χ1) is 8.99. The van der Waals surface area contributed by atoms with Crippen molar-refractivity contribution in [2.75, 3.05) is 6.54 Å². The second-order valence-corrected chi connectivity index (χ2v) is 6.02. The highest BCUT2D eigenvalue weighted by Gasteiger charge is 2.30. The summed E-state index contributed by atoms with van der Waals surface area (Å²) >= 11 is 6.03. The van der Waals surface area contributed by atoms with Gasteiger partial charge in [-0.1, -0.05) is 6.07 Å². The van der Waals surface area contributed by atoms with Crippen molar-refractivity contribution < 1.29 is 9.18 Å². The summed E-state index contributed by atoms with van der Waals surface area (Å²) in [6.45, 7) is 4.51. The van der Waals surface area contributed by atoms with E-state index in [-0.39, 0.29) is 23.1 Å². The topological polar surface area (TPSA) is 20.3 Å². The summed E-state index contributed by atoms with van der Waals surface area (Å²) in [5, 5.41) is 0.0482. The number of hydrogen-bond acceptors (Lipinski definition) is 1. The van der Waals surface area contributed by atoms with Crippen LogP contribution in [0, 0.1) is 12.7 Å². The number of nitrogens with zero attached hydrogens (tertiary/aromatic N) is 1. The number of benzene rings is 1. The highest BCUT2D eigenvalue weighted by Crippen LogP contribution is 2.26. The molecule has 0 bridgehead atoms. The first kappa shape index (κ1) is 14.3. The Labute approximate surface area is 118 Å². The molecule has 1 aromatic carbocycles. The van der Waals surface area contributed by atoms with Crippen molar-refractivity contribution in [3.05, 3.63) is 35.1 Å². The summed E-state index contributed by atoms with van der Waals surface area (Å²) < 4.78 is 13.3. The van der Waals surface area contributed by atoms with Gasteiger partial charge in [0, 0.05) is 23.5 Å². The Morgan fingerprint density at radius 3 is 3.00 bits per heavy atom. The molecule has 1 saturated heterocycles. The highest BCUT2D eigenvalue weighted by molar-refractivity contribution is 6.20. The number of aryl methyl sites for hydroxylation is 1. The number of likely N-dealkylation sites (tertiary alicyclic amines) is 1. The Kier molecular flexibility index (Phi) is 4.46. The second kappa shape index (κ2) is 5.91. The van der Waals surface area contributed by atoms with Crippen LogP contribution < -0.4 is 0 Å². The van der Waals surface area contributed by atoms with Crippen molar-refractivity contribution >= 4 is 17.5 Å². The SMILES string of the molecule is Cc1ccc(F)cc1C(=O)N1CCCC1CC(C)Cl. The number of hydrogen-bond donors (Lipinski definition) is 0. The average molecular weight is 284 g/mol. The van der Waals surface area contributed by atoms with Crippen LogP contribution in [0.5, 0.6) is 0 Å². The van der Waals surface area contributed by atoms with Crippen LogP contribution in [0.15, 0.2) is 18.2 Å². The molecule has 1 aliphatic heterocycles. The van der Waals surface area contributed by atoms with Crippen molar-refractivity contribution in [2.24, 2.45) is 0 Å². The lowest BCUT2D eigenvalue weighted by atomic mass is 10.1. The molecule has 19 heavy (non-hydrogen) atoms. The molecular formula is C15H19ClFNO. The maximum Gasteiger partial charge on any atom is 0.254 e. The van der Waals surface area contributed by atoms with E-state index in [9.17, 15) is 9.18 Å². The van der Waals surface area contributed by atoms with Gasteiger partial charge in [0.05, 0.1) is 0 Å². The third kappa shape index (κ3) is 3.27. The summed E-state index contributed by atoms with van der Waals surface area (Å²) in [6, 6.07) is 4.55. The molecule has 0 aliphatic carbocycles. The van der Waals surface area contributed by atoms with E-state index in [4.69, 9.17) is 11.6 Å². The molecule has 2 nitrogen and oxygen atoms in total. The van der Waals surface area contributed by atoms with Crippen molar-refractivity contribution in [1.29, 1.82) is 0 Å². The Balaban J connectivity index is 2.20. The lowest BCUT2D eigenvalue weighted by Crippen LogP contribution is -2.37. The number of alkyl halides is 1. The first-order valence-corrected chi connectivity index (χ1v) is 7.14. The molecule has 2 atom stereocenters. The zero-order chi connectivity index (χ0) is 14.0. The zero-order valence-corrected chi connectivity index (χ0v) is 12.1. The number of rotatable bonds is 3. The normalized spacial score (nSPS) is 20.6. The lowest BCUT2D eigenvalue weighted by Gasteiger charge is -2.26. The van der Waals surface area contributed by atoms with Gasteiger partial charge in [-0.3, -0.25) is 4.79 Å². The largest absolute Gasteiger partial charge is 0.336 e. The second-order valence-electron chi connectivity index (χ2n) is 5.27. The molecule has 0 aromatic heterocycles. The van der Waals surface area contributed by atoms with E-state index in [2.05, 4.69) is 0 Å². The van der Waals surface area contributed by atoms with Crippen molar-refractivity contribution in [3.8, 4) is 0 Å². The average Bonchev–Trinajstić information content (AvgIpc) is 2.78. The van der Waals surface area contributed by atoms with Gasteiger partial charge in [-0.2, -0.15) is 0 Å². The van der Waals surface area contributed by atoms with Gasteiger partial charge in [0.15, 0.2) is 0 Å². The molecule has 1 heterocycles. The molecule has 4 heteroatoms. The molecule has 1 aliphatic rings. The minimum absolute atomic E-state index is 0.0482. The monoisotopic (exact) mass is 283 g/mol. The third-order valence-corrected chi connectivity index (χ3v) is 3.84. The summed E-state index contributed by atoms with van der Waals surface area (Å²) in [5.41, 5.74) is 1.28. The van der Waals surface area contributed by atoms with Crippen LogP contribution in [-0.2, 0) is 0 Å². The molecule has 0 N–H and O–H groups in total. The van der Waals surface area contributed by atoms with Gasteiger partial charge in [-0.25, -0.2) is 4.39 Å². The van der Waals surface area contributed by atoms with Gasteiger partial charge in [0.25, 0.3) is 5.91 Å². The predicted octanol–water partition coefficient (Wildman–Crippen LogP) is 3.76. The van der Waals surface area contributed by atoms with E-state index in [0.717, 1.165) is 31.4 Å². The van der Waals surface area contributed by atoms with Crippen molar-refractivity contribution in [3.63, 3.8) is 0 Å². The fraction of sp³-hybridized carbons (Fsp3) is 0.533. The molecular weight excluding hydrogens is 265 g/mol. The molecule has 0 radical (unpaired) electrons. The molecule has 1 aromatic rings. The lowest BCUT2D eigenvalue weighted by molar-refractivity contribution is 0.0729. The van der Waals surface area contributed by atoms with E-state index in [1.54, 1.807) is 6.07 Å². The fourth-order valence-corrected chi connectivity index (χ4v) is 2.91. The fourth-order valence-electron chi connectivity index (χ4n) is 2.70. The quantitative estimate of drug-likeness (QED) is 0.774. The van der Waals surface area contributed by atoms with Gasteiger partial charge in [0.1, 0.15) is 5.82 Å². The van der Waals surface area contributed by atoms with Crippen LogP contribution in [0.2, 0.25) is 0 Å². The van der Waals surface area contributed by atoms with Crippen LogP contribution in [0.3, 0.4) is 0 Å². The predicted molar refractivity (Wildman–Crippen MR) is 75.1 cm³/mol. The number of carbonyl (C=O) groups excluding carboxylic acids is 1. The maximum atomic E-state index is 13.3. The van der Waals surface area contributed by atoms with Gasteiger partial charge in [-0.05, 0) is 50.8 Å². The molecule has 2 unspecified atom stereocenters. The van der Waals surface area contributed by atoms with Crippen LogP contribution in [-0.4, -0.2) is 28.8 Å². The van der Waals surface area contributed by atoms with E-state index in [0.29, 0.717) is 5.56 Å². The van der Waals surface area contributed by atoms with Crippen LogP contribution in [0.4, 0.5) is 4.39 Å². The zero-order valence-electron chi connectivity index (χ0n) is 11.3. The smallest absolute Gasteiger partial charge is 0.254 e. The maximum absolute atomic E-state index is 13.3. The summed E-state index contributed by atoms with van der Waals surface area (Å²) in [5.74, 6) is -0.438. The van der Waals surface area contributed by atoms with Gasteiger partial charge in [-0.15, -0.1) is 11.6 Å². The molecule has 1 fully saturated rings. The number of carbonyl (C=O) groups is 1. The van der Waals surface area contributed by atoms with Crippen LogP contribution in [0.25, 0.3) is 0 Å². The molecule has 1 amide bonds. The number of halogens is 2. The Bertz CT molecular complexity index is 475. The van der Waals surface area contributed by atoms with Gasteiger partial charge in [0.2, 0.25) is 0 Å². The molecule has 0 spiro atoms. The van der Waals surface area contributed by atoms with Crippen LogP contribution >= 0.6 is 11.6 Å². The van der Waals surface area contributed by atoms with Gasteiger partial charge >= 0.3 is 0 Å². The summed E-state index contributed by atoms with van der Waals surface area (Å²) in [6.07, 6.45) is 2.77. The Morgan fingerprint density at radius 1 is 1.58 bits per heavy atom. The molecule has 2 rings (SSSR count). The van der Waals surface area contributed by atoms with Crippen molar-refractivity contribution in [1.82, 2.24) is 4.90 Å². The van der Waals surface area contributed by atoms with E-state index in [1.165, 1.54) is 12.1 Å².